The van der Waals surface area contributed by atoms with Crippen molar-refractivity contribution in [2.24, 2.45) is 17.6 Å². The lowest BCUT2D eigenvalue weighted by atomic mass is 9.94. The number of rotatable bonds is 11. The molecule has 2 aliphatic heterocycles. The molecule has 2 heterocycles. The average molecular weight is 556 g/mol. The Bertz CT molecular complexity index is 1290. The van der Waals surface area contributed by atoms with Crippen molar-refractivity contribution in [3.63, 3.8) is 0 Å². The molecule has 1 atom stereocenters. The molecular weight excluding hydrogens is 514 g/mol. The van der Waals surface area contributed by atoms with E-state index in [0.717, 1.165) is 56.0 Å². The van der Waals surface area contributed by atoms with Gasteiger partial charge in [-0.2, -0.15) is 0 Å². The van der Waals surface area contributed by atoms with E-state index in [2.05, 4.69) is 29.2 Å². The van der Waals surface area contributed by atoms with E-state index in [4.69, 9.17) is 20.6 Å². The van der Waals surface area contributed by atoms with Gasteiger partial charge >= 0.3 is 6.03 Å². The van der Waals surface area contributed by atoms with Gasteiger partial charge in [0.25, 0.3) is 0 Å². The quantitative estimate of drug-likeness (QED) is 0.257. The third-order valence-electron chi connectivity index (χ3n) is 8.11. The number of nitrogen functional groups attached to an aromatic ring is 1. The van der Waals surface area contributed by atoms with Gasteiger partial charge in [0.05, 0.1) is 20.3 Å². The number of nitrogens with one attached hydrogen (secondary N) is 1. The molecule has 2 fully saturated rings. The van der Waals surface area contributed by atoms with E-state index in [9.17, 15) is 4.79 Å². The molecule has 0 spiro atoms. The molecule has 3 aromatic carbocycles. The van der Waals surface area contributed by atoms with Crippen LogP contribution in [0.1, 0.15) is 29.5 Å². The van der Waals surface area contributed by atoms with Crippen molar-refractivity contribution in [3.05, 3.63) is 95.6 Å². The summed E-state index contributed by atoms with van der Waals surface area (Å²) in [6, 6.07) is 25.9. The minimum absolute atomic E-state index is 0.00249. The zero-order valence-electron chi connectivity index (χ0n) is 23.9. The van der Waals surface area contributed by atoms with E-state index >= 15 is 0 Å². The number of amides is 2. The molecule has 0 bridgehead atoms. The first-order valence-electron chi connectivity index (χ1n) is 14.5. The largest absolute Gasteiger partial charge is 0.497 e. The molecule has 0 aliphatic carbocycles. The maximum absolute atomic E-state index is 13.8. The van der Waals surface area contributed by atoms with Gasteiger partial charge in [0.2, 0.25) is 0 Å². The molecule has 0 aromatic heterocycles. The van der Waals surface area contributed by atoms with Crippen LogP contribution in [-0.2, 0) is 17.9 Å². The van der Waals surface area contributed by atoms with Crippen molar-refractivity contribution in [2.75, 3.05) is 51.3 Å². The predicted octanol–water partition coefficient (Wildman–Crippen LogP) is 4.97. The Hall–Kier alpha value is -3.88. The number of benzene rings is 3. The van der Waals surface area contributed by atoms with Crippen LogP contribution in [0.25, 0.3) is 0 Å². The van der Waals surface area contributed by atoms with Crippen LogP contribution in [0.4, 0.5) is 10.5 Å². The molecule has 2 amide bonds. The highest BCUT2D eigenvalue weighted by atomic mass is 16.5. The third kappa shape index (κ3) is 7.65. The number of hydrogen-bond acceptors (Lipinski definition) is 5. The fraction of sp³-hybridized carbons (Fsp3) is 0.394. The zero-order valence-corrected chi connectivity index (χ0v) is 23.9. The number of likely N-dealkylation sites (tertiary alicyclic amines) is 1. The first kappa shape index (κ1) is 28.6. The molecule has 0 radical (unpaired) electrons. The van der Waals surface area contributed by atoms with Crippen molar-refractivity contribution in [1.29, 1.82) is 5.41 Å². The lowest BCUT2D eigenvalue weighted by Gasteiger charge is -2.42. The van der Waals surface area contributed by atoms with Crippen LogP contribution < -0.4 is 15.4 Å². The Morgan fingerprint density at radius 3 is 2.39 bits per heavy atom. The number of anilines is 1. The summed E-state index contributed by atoms with van der Waals surface area (Å²) < 4.78 is 11.4. The van der Waals surface area contributed by atoms with Gasteiger partial charge in [0.15, 0.2) is 0 Å². The lowest BCUT2D eigenvalue weighted by Crippen LogP contribution is -2.56. The second-order valence-corrected chi connectivity index (χ2v) is 11.2. The van der Waals surface area contributed by atoms with E-state index < -0.39 is 0 Å². The monoisotopic (exact) mass is 555 g/mol. The van der Waals surface area contributed by atoms with Crippen LogP contribution in [0, 0.1) is 17.2 Å². The summed E-state index contributed by atoms with van der Waals surface area (Å²) in [6.45, 7) is 6.10. The number of carbonyl (C=O) groups excluding carboxylic acids is 1. The lowest BCUT2D eigenvalue weighted by molar-refractivity contribution is 0.0643. The van der Waals surface area contributed by atoms with Gasteiger partial charge in [0, 0.05) is 43.3 Å². The minimum Gasteiger partial charge on any atom is -0.497 e. The van der Waals surface area contributed by atoms with Crippen LogP contribution in [0.2, 0.25) is 0 Å². The fourth-order valence-electron chi connectivity index (χ4n) is 5.82. The molecule has 2 aliphatic rings. The number of nitrogens with zero attached hydrogens (tertiary/aromatic N) is 3. The maximum atomic E-state index is 13.8. The highest BCUT2D eigenvalue weighted by Gasteiger charge is 2.35. The summed E-state index contributed by atoms with van der Waals surface area (Å²) in [5.74, 6) is 1.51. The van der Waals surface area contributed by atoms with Crippen LogP contribution >= 0.6 is 0 Å². The first-order valence-corrected chi connectivity index (χ1v) is 14.5. The molecule has 41 heavy (non-hydrogen) atoms. The standard InChI is InChI=1S/C33H41N5O3/c1-40-31-12-10-25(11-13-31)19-36-16-14-26(15-17-36)20-37-21-28(24-41-23-27-6-3-2-4-7-27)22-38(33(37)39)30-9-5-8-29(18-30)32(34)35/h2-13,18,26,28H,14-17,19-24H2,1H3,(H3,34,35). The SMILES string of the molecule is COc1ccc(CN2CCC(CN3CC(COCc4ccccc4)CN(c4cccc(C(=N)N)c4)C3=O)CC2)cc1. The summed E-state index contributed by atoms with van der Waals surface area (Å²) in [6.07, 6.45) is 2.13. The maximum Gasteiger partial charge on any atom is 0.324 e. The topological polar surface area (TPSA) is 95.1 Å². The summed E-state index contributed by atoms with van der Waals surface area (Å²) >= 11 is 0. The van der Waals surface area contributed by atoms with E-state index in [0.29, 0.717) is 37.8 Å². The van der Waals surface area contributed by atoms with E-state index in [-0.39, 0.29) is 17.8 Å². The number of piperidine rings is 1. The van der Waals surface area contributed by atoms with Crippen molar-refractivity contribution < 1.29 is 14.3 Å². The number of nitrogens with two attached hydrogens (primary N) is 1. The smallest absolute Gasteiger partial charge is 0.324 e. The number of ether oxygens (including phenoxy) is 2. The number of carbonyl (C=O) groups is 1. The molecule has 2 saturated heterocycles. The molecule has 1 unspecified atom stereocenters. The second-order valence-electron chi connectivity index (χ2n) is 11.2. The minimum atomic E-state index is -0.00249. The van der Waals surface area contributed by atoms with Gasteiger partial charge < -0.3 is 20.1 Å². The second kappa shape index (κ2) is 13.7. The van der Waals surface area contributed by atoms with Crippen LogP contribution in [0.5, 0.6) is 5.75 Å². The van der Waals surface area contributed by atoms with Gasteiger partial charge in [-0.15, -0.1) is 0 Å². The van der Waals surface area contributed by atoms with Crippen LogP contribution in [-0.4, -0.2) is 68.1 Å². The normalized spacial score (nSPS) is 18.5. The molecule has 5 rings (SSSR count). The molecule has 3 aromatic rings. The number of methoxy groups -OCH3 is 1. The number of amidine groups is 1. The fourth-order valence-corrected chi connectivity index (χ4v) is 5.82. The Morgan fingerprint density at radius 1 is 0.927 bits per heavy atom. The average Bonchev–Trinajstić information content (AvgIpc) is 3.00. The molecule has 3 N–H and O–H groups in total. The number of hydrogen-bond donors (Lipinski definition) is 2. The highest BCUT2D eigenvalue weighted by Crippen LogP contribution is 2.27. The Balaban J connectivity index is 1.22. The van der Waals surface area contributed by atoms with E-state index in [1.807, 2.05) is 58.3 Å². The first-order chi connectivity index (χ1) is 20.0. The molecule has 8 heteroatoms. The van der Waals surface area contributed by atoms with Gasteiger partial charge in [-0.1, -0.05) is 54.6 Å². The summed E-state index contributed by atoms with van der Waals surface area (Å²) in [5, 5.41) is 7.86. The number of urea groups is 1. The zero-order chi connectivity index (χ0) is 28.6. The van der Waals surface area contributed by atoms with Crippen LogP contribution in [0.3, 0.4) is 0 Å². The molecule has 0 saturated carbocycles. The summed E-state index contributed by atoms with van der Waals surface area (Å²) in [5.41, 5.74) is 9.58. The Kier molecular flexibility index (Phi) is 9.54. The molecule has 216 valence electrons. The van der Waals surface area contributed by atoms with Crippen molar-refractivity contribution in [3.8, 4) is 5.75 Å². The Labute approximate surface area is 243 Å². The third-order valence-corrected chi connectivity index (χ3v) is 8.11. The van der Waals surface area contributed by atoms with E-state index in [1.54, 1.807) is 13.2 Å². The van der Waals surface area contributed by atoms with Crippen LogP contribution in [0.15, 0.2) is 78.9 Å². The molecular formula is C33H41N5O3. The van der Waals surface area contributed by atoms with Gasteiger partial charge in [-0.25, -0.2) is 4.79 Å². The predicted molar refractivity (Wildman–Crippen MR) is 162 cm³/mol. The van der Waals surface area contributed by atoms with Gasteiger partial charge in [0.1, 0.15) is 11.6 Å². The van der Waals surface area contributed by atoms with Crippen molar-refractivity contribution in [1.82, 2.24) is 9.80 Å². The van der Waals surface area contributed by atoms with Crippen molar-refractivity contribution in [2.45, 2.75) is 26.0 Å². The highest BCUT2D eigenvalue weighted by molar-refractivity contribution is 5.98. The summed E-state index contributed by atoms with van der Waals surface area (Å²) in [7, 11) is 1.69. The van der Waals surface area contributed by atoms with Crippen molar-refractivity contribution >= 4 is 17.6 Å². The Morgan fingerprint density at radius 2 is 1.68 bits per heavy atom. The van der Waals surface area contributed by atoms with E-state index in [1.165, 1.54) is 5.56 Å². The van der Waals surface area contributed by atoms with Gasteiger partial charge in [-0.3, -0.25) is 15.2 Å². The summed E-state index contributed by atoms with van der Waals surface area (Å²) in [4.78, 5) is 20.1. The van der Waals surface area contributed by atoms with Gasteiger partial charge in [-0.05, 0) is 67.2 Å². The molecule has 8 nitrogen and oxygen atoms in total.